The minimum absolute atomic E-state index is 0.0706. The SMILES string of the molecule is CC1(O)c2cccc(O)c2C(=O)C2=C(O)C3C(=O)C(C(N)=O)=C(O)CC3C(O)C21. The van der Waals surface area contributed by atoms with E-state index in [-0.39, 0.29) is 17.5 Å². The van der Waals surface area contributed by atoms with E-state index in [1.54, 1.807) is 0 Å². The van der Waals surface area contributed by atoms with E-state index in [9.17, 15) is 39.9 Å². The van der Waals surface area contributed by atoms with E-state index in [1.165, 1.54) is 25.1 Å². The Morgan fingerprint density at radius 1 is 1.21 bits per heavy atom. The first-order chi connectivity index (χ1) is 13.5. The molecule has 7 N–H and O–H groups in total. The van der Waals surface area contributed by atoms with Gasteiger partial charge in [0.15, 0.2) is 11.6 Å². The lowest BCUT2D eigenvalue weighted by Gasteiger charge is -2.49. The van der Waals surface area contributed by atoms with E-state index in [4.69, 9.17) is 5.73 Å². The Balaban J connectivity index is 1.99. The van der Waals surface area contributed by atoms with Crippen LogP contribution in [0.25, 0.3) is 0 Å². The van der Waals surface area contributed by atoms with Gasteiger partial charge in [0.2, 0.25) is 0 Å². The number of rotatable bonds is 1. The number of nitrogens with two attached hydrogens (primary N) is 1. The molecule has 1 aromatic rings. The molecule has 4 rings (SSSR count). The van der Waals surface area contributed by atoms with Crippen molar-refractivity contribution in [1.29, 1.82) is 0 Å². The fraction of sp³-hybridized carbons (Fsp3) is 0.350. The first kappa shape index (κ1) is 19.2. The molecule has 152 valence electrons. The van der Waals surface area contributed by atoms with Crippen molar-refractivity contribution in [3.63, 3.8) is 0 Å². The summed E-state index contributed by atoms with van der Waals surface area (Å²) in [5.41, 5.74) is 2.02. The van der Waals surface area contributed by atoms with Crippen LogP contribution in [0.4, 0.5) is 0 Å². The van der Waals surface area contributed by atoms with Gasteiger partial charge in [-0.2, -0.15) is 0 Å². The predicted octanol–water partition coefficient (Wildman–Crippen LogP) is 0.101. The number of benzene rings is 1. The maximum Gasteiger partial charge on any atom is 0.255 e. The molecule has 0 fully saturated rings. The fourth-order valence-electron chi connectivity index (χ4n) is 4.96. The van der Waals surface area contributed by atoms with Gasteiger partial charge in [0.25, 0.3) is 5.91 Å². The Labute approximate surface area is 164 Å². The monoisotopic (exact) mass is 401 g/mol. The highest BCUT2D eigenvalue weighted by Gasteiger charge is 2.60. The number of aromatic hydroxyl groups is 1. The topological polar surface area (TPSA) is 178 Å². The molecule has 0 aromatic heterocycles. The largest absolute Gasteiger partial charge is 0.511 e. The molecular weight excluding hydrogens is 382 g/mol. The number of phenolic OH excluding ortho intramolecular Hbond substituents is 1. The molecule has 29 heavy (non-hydrogen) atoms. The van der Waals surface area contributed by atoms with Gasteiger partial charge in [-0.05, 0) is 18.6 Å². The zero-order valence-corrected chi connectivity index (χ0v) is 15.3. The number of fused-ring (bicyclic) bond motifs is 3. The first-order valence-electron chi connectivity index (χ1n) is 8.96. The number of carbonyl (C=O) groups excluding carboxylic acids is 3. The van der Waals surface area contributed by atoms with Crippen LogP contribution >= 0.6 is 0 Å². The first-order valence-corrected chi connectivity index (χ1v) is 8.96. The van der Waals surface area contributed by atoms with Gasteiger partial charge in [0.1, 0.15) is 22.8 Å². The quantitative estimate of drug-likeness (QED) is 0.359. The minimum atomic E-state index is -1.87. The molecule has 3 aliphatic carbocycles. The summed E-state index contributed by atoms with van der Waals surface area (Å²) in [5, 5.41) is 53.4. The lowest BCUT2D eigenvalue weighted by atomic mass is 9.57. The number of hydrogen-bond donors (Lipinski definition) is 6. The number of aliphatic hydroxyl groups is 4. The third-order valence-corrected chi connectivity index (χ3v) is 6.25. The van der Waals surface area contributed by atoms with Crippen molar-refractivity contribution in [2.45, 2.75) is 25.0 Å². The van der Waals surface area contributed by atoms with Crippen LogP contribution in [0, 0.1) is 17.8 Å². The second-order valence-electron chi connectivity index (χ2n) is 7.84. The van der Waals surface area contributed by atoms with E-state index in [1.807, 2.05) is 0 Å². The molecule has 5 unspecified atom stereocenters. The van der Waals surface area contributed by atoms with Gasteiger partial charge in [-0.3, -0.25) is 14.4 Å². The van der Waals surface area contributed by atoms with Gasteiger partial charge < -0.3 is 31.3 Å². The number of carbonyl (C=O) groups is 3. The summed E-state index contributed by atoms with van der Waals surface area (Å²) in [6, 6.07) is 4.10. The number of aliphatic hydroxyl groups excluding tert-OH is 3. The van der Waals surface area contributed by atoms with Crippen molar-refractivity contribution in [3.05, 3.63) is 52.0 Å². The summed E-state index contributed by atoms with van der Waals surface area (Å²) in [6.45, 7) is 1.33. The van der Waals surface area contributed by atoms with Crippen LogP contribution in [0.15, 0.2) is 40.9 Å². The molecule has 0 saturated carbocycles. The maximum absolute atomic E-state index is 13.1. The number of allylic oxidation sites excluding steroid dienone is 2. The van der Waals surface area contributed by atoms with E-state index in [0.29, 0.717) is 0 Å². The van der Waals surface area contributed by atoms with E-state index < -0.39 is 75.3 Å². The highest BCUT2D eigenvalue weighted by Crippen LogP contribution is 2.54. The number of hydrogen-bond acceptors (Lipinski definition) is 8. The van der Waals surface area contributed by atoms with Gasteiger partial charge in [-0.25, -0.2) is 0 Å². The standard InChI is InChI=1S/C20H19NO8/c1-20(29)7-3-2-4-8(22)11(7)18(27)13-14(20)15(24)6-5-9(23)12(19(21)28)16(25)10(6)17(13)26/h2-4,6,10,14-15,22-24,26,29H,5H2,1H3,(H2,21,28). The Bertz CT molecular complexity index is 1050. The van der Waals surface area contributed by atoms with Gasteiger partial charge in [0, 0.05) is 17.9 Å². The average Bonchev–Trinajstić information content (AvgIpc) is 2.61. The second-order valence-corrected chi connectivity index (χ2v) is 7.84. The Morgan fingerprint density at radius 2 is 1.86 bits per heavy atom. The summed E-state index contributed by atoms with van der Waals surface area (Å²) in [6.07, 6.45) is -1.86. The van der Waals surface area contributed by atoms with Crippen molar-refractivity contribution in [2.24, 2.45) is 23.5 Å². The fourth-order valence-corrected chi connectivity index (χ4v) is 4.96. The van der Waals surface area contributed by atoms with Crippen LogP contribution in [-0.4, -0.2) is 49.1 Å². The number of ketones is 2. The third-order valence-electron chi connectivity index (χ3n) is 6.25. The predicted molar refractivity (Wildman–Crippen MR) is 96.6 cm³/mol. The average molecular weight is 401 g/mol. The van der Waals surface area contributed by atoms with Crippen LogP contribution in [0.3, 0.4) is 0 Å². The van der Waals surface area contributed by atoms with Gasteiger partial charge in [-0.1, -0.05) is 12.1 Å². The van der Waals surface area contributed by atoms with Gasteiger partial charge in [-0.15, -0.1) is 0 Å². The second kappa shape index (κ2) is 5.91. The number of primary amides is 1. The van der Waals surface area contributed by atoms with E-state index >= 15 is 0 Å². The molecule has 0 bridgehead atoms. The molecule has 5 atom stereocenters. The van der Waals surface area contributed by atoms with Crippen molar-refractivity contribution in [3.8, 4) is 5.75 Å². The molecule has 0 radical (unpaired) electrons. The Morgan fingerprint density at radius 3 is 2.48 bits per heavy atom. The van der Waals surface area contributed by atoms with Crippen LogP contribution in [0.1, 0.15) is 29.3 Å². The van der Waals surface area contributed by atoms with Crippen LogP contribution < -0.4 is 5.73 Å². The highest BCUT2D eigenvalue weighted by atomic mass is 16.3. The lowest BCUT2D eigenvalue weighted by Crippen LogP contribution is -2.56. The molecule has 1 amide bonds. The molecule has 0 heterocycles. The summed E-state index contributed by atoms with van der Waals surface area (Å²) in [4.78, 5) is 37.5. The normalized spacial score (nSPS) is 33.9. The number of phenols is 1. The van der Waals surface area contributed by atoms with E-state index in [0.717, 1.165) is 0 Å². The smallest absolute Gasteiger partial charge is 0.255 e. The number of Topliss-reactive ketones (excluding diaryl/α,β-unsaturated/α-hetero) is 2. The lowest BCUT2D eigenvalue weighted by molar-refractivity contribution is -0.133. The summed E-state index contributed by atoms with van der Waals surface area (Å²) >= 11 is 0. The molecule has 0 aliphatic heterocycles. The molecular formula is C20H19NO8. The van der Waals surface area contributed by atoms with E-state index in [2.05, 4.69) is 0 Å². The van der Waals surface area contributed by atoms with Crippen molar-refractivity contribution in [1.82, 2.24) is 0 Å². The zero-order chi connectivity index (χ0) is 21.4. The maximum atomic E-state index is 13.1. The summed E-state index contributed by atoms with van der Waals surface area (Å²) < 4.78 is 0. The summed E-state index contributed by atoms with van der Waals surface area (Å²) in [7, 11) is 0. The molecule has 9 heteroatoms. The Hall–Kier alpha value is -3.17. The highest BCUT2D eigenvalue weighted by molar-refractivity contribution is 6.22. The molecule has 9 nitrogen and oxygen atoms in total. The zero-order valence-electron chi connectivity index (χ0n) is 15.3. The Kier molecular flexibility index (Phi) is 3.91. The minimum Gasteiger partial charge on any atom is -0.511 e. The van der Waals surface area contributed by atoms with Crippen LogP contribution in [0.2, 0.25) is 0 Å². The van der Waals surface area contributed by atoms with Gasteiger partial charge >= 0.3 is 0 Å². The number of amides is 1. The molecule has 3 aliphatic rings. The van der Waals surface area contributed by atoms with Gasteiger partial charge in [0.05, 0.1) is 29.1 Å². The molecule has 0 saturated heterocycles. The van der Waals surface area contributed by atoms with Crippen LogP contribution in [-0.2, 0) is 15.2 Å². The van der Waals surface area contributed by atoms with Crippen LogP contribution in [0.5, 0.6) is 5.75 Å². The van der Waals surface area contributed by atoms with Crippen molar-refractivity contribution >= 4 is 17.5 Å². The molecule has 1 aromatic carbocycles. The summed E-state index contributed by atoms with van der Waals surface area (Å²) in [5.74, 6) is -8.67. The van der Waals surface area contributed by atoms with Crippen molar-refractivity contribution in [2.75, 3.05) is 0 Å². The van der Waals surface area contributed by atoms with Crippen molar-refractivity contribution < 1.29 is 39.9 Å². The third kappa shape index (κ3) is 2.31. The molecule has 0 spiro atoms.